The second kappa shape index (κ2) is 6.85. The van der Waals surface area contributed by atoms with Crippen LogP contribution in [-0.2, 0) is 5.41 Å². The van der Waals surface area contributed by atoms with Gasteiger partial charge in [0.15, 0.2) is 16.6 Å². The second-order valence-electron chi connectivity index (χ2n) is 7.22. The fourth-order valence-electron chi connectivity index (χ4n) is 2.74. The highest BCUT2D eigenvalue weighted by atomic mass is 32.2. The van der Waals surface area contributed by atoms with Crippen LogP contribution in [0.5, 0.6) is 0 Å². The van der Waals surface area contributed by atoms with Crippen molar-refractivity contribution in [2.24, 2.45) is 0 Å². The molecule has 0 saturated carbocycles. The average Bonchev–Trinajstić information content (AvgIpc) is 2.92. The lowest BCUT2D eigenvalue weighted by atomic mass is 9.92. The lowest BCUT2D eigenvalue weighted by Crippen LogP contribution is -2.28. The van der Waals surface area contributed by atoms with E-state index >= 15 is 0 Å². The van der Waals surface area contributed by atoms with Crippen LogP contribution < -0.4 is 5.56 Å². The van der Waals surface area contributed by atoms with Gasteiger partial charge in [-0.2, -0.15) is 0 Å². The monoisotopic (exact) mass is 373 g/mol. The van der Waals surface area contributed by atoms with Crippen LogP contribution in [0.3, 0.4) is 0 Å². The third kappa shape index (κ3) is 3.14. The van der Waals surface area contributed by atoms with Crippen molar-refractivity contribution in [2.75, 3.05) is 12.9 Å². The van der Waals surface area contributed by atoms with E-state index in [4.69, 9.17) is 4.98 Å². The first-order chi connectivity index (χ1) is 12.3. The number of nitrogens with zero attached hydrogens (tertiary/aromatic N) is 5. The van der Waals surface area contributed by atoms with Gasteiger partial charge in [0.1, 0.15) is 5.39 Å². The Labute approximate surface area is 156 Å². The van der Waals surface area contributed by atoms with Gasteiger partial charge in [-0.1, -0.05) is 38.6 Å². The first-order valence-electron chi connectivity index (χ1n) is 8.41. The number of hydrogen-bond donors (Lipinski definition) is 1. The summed E-state index contributed by atoms with van der Waals surface area (Å²) in [5.74, 6) is 0.593. The topological polar surface area (TPSA) is 85.8 Å². The van der Waals surface area contributed by atoms with Crippen molar-refractivity contribution in [3.8, 4) is 5.82 Å². The first kappa shape index (κ1) is 18.6. The molecule has 8 heteroatoms. The number of aliphatic hydroxyl groups is 1. The number of aromatic nitrogens is 5. The van der Waals surface area contributed by atoms with Crippen molar-refractivity contribution in [1.29, 1.82) is 0 Å². The van der Waals surface area contributed by atoms with Gasteiger partial charge in [0.05, 0.1) is 12.6 Å². The van der Waals surface area contributed by atoms with Gasteiger partial charge in [0.25, 0.3) is 5.56 Å². The Bertz CT molecular complexity index is 1000. The van der Waals surface area contributed by atoms with Crippen LogP contribution >= 0.6 is 11.8 Å². The summed E-state index contributed by atoms with van der Waals surface area (Å²) in [6.07, 6.45) is 3.43. The number of hydrogen-bond acceptors (Lipinski definition) is 6. The lowest BCUT2D eigenvalue weighted by molar-refractivity contribution is 0.221. The predicted molar refractivity (Wildman–Crippen MR) is 103 cm³/mol. The van der Waals surface area contributed by atoms with Crippen LogP contribution in [0.1, 0.15) is 39.4 Å². The van der Waals surface area contributed by atoms with Gasteiger partial charge in [0.2, 0.25) is 0 Å². The molecule has 3 aromatic rings. The van der Waals surface area contributed by atoms with Crippen LogP contribution in [0.15, 0.2) is 34.3 Å². The van der Waals surface area contributed by atoms with Crippen molar-refractivity contribution in [1.82, 2.24) is 24.3 Å². The van der Waals surface area contributed by atoms with E-state index < -0.39 is 6.04 Å². The van der Waals surface area contributed by atoms with Gasteiger partial charge in [-0.25, -0.2) is 24.3 Å². The van der Waals surface area contributed by atoms with Gasteiger partial charge in [-0.3, -0.25) is 4.79 Å². The van der Waals surface area contributed by atoms with Crippen molar-refractivity contribution >= 4 is 22.8 Å². The third-order valence-corrected chi connectivity index (χ3v) is 4.75. The largest absolute Gasteiger partial charge is 0.394 e. The molecule has 0 amide bonds. The quantitative estimate of drug-likeness (QED) is 0.559. The van der Waals surface area contributed by atoms with E-state index in [-0.39, 0.29) is 17.6 Å². The van der Waals surface area contributed by atoms with Gasteiger partial charge < -0.3 is 5.11 Å². The summed E-state index contributed by atoms with van der Waals surface area (Å²) in [7, 11) is 0. The molecule has 0 saturated heterocycles. The van der Waals surface area contributed by atoms with Gasteiger partial charge in [-0.15, -0.1) is 0 Å². The Morgan fingerprint density at radius 3 is 2.62 bits per heavy atom. The van der Waals surface area contributed by atoms with E-state index in [1.165, 1.54) is 16.4 Å². The third-order valence-electron chi connectivity index (χ3n) is 4.19. The first-order valence-corrected chi connectivity index (χ1v) is 9.63. The Kier molecular flexibility index (Phi) is 4.90. The highest BCUT2D eigenvalue weighted by Crippen LogP contribution is 2.23. The number of thioether (sulfide) groups is 1. The Hall–Kier alpha value is -2.19. The molecule has 1 unspecified atom stereocenters. The molecule has 0 aliphatic rings. The molecule has 3 aromatic heterocycles. The number of fused-ring (bicyclic) bond motifs is 1. The zero-order valence-corrected chi connectivity index (χ0v) is 16.4. The Morgan fingerprint density at radius 2 is 2.00 bits per heavy atom. The normalized spacial score (nSPS) is 13.3. The van der Waals surface area contributed by atoms with Crippen LogP contribution in [0.2, 0.25) is 0 Å². The molecular formula is C18H23N5O2S. The highest BCUT2D eigenvalue weighted by molar-refractivity contribution is 7.98. The SMILES string of the molecule is CSc1ncc2c(=O)n(C(C)CO)n(-c3cccc(C(C)(C)C)n3)c2n1. The summed E-state index contributed by atoms with van der Waals surface area (Å²) in [6, 6.07) is 5.31. The molecule has 1 N–H and O–H groups in total. The molecule has 1 atom stereocenters. The molecule has 0 bridgehead atoms. The van der Waals surface area contributed by atoms with Crippen molar-refractivity contribution in [3.05, 3.63) is 40.4 Å². The number of rotatable bonds is 4. The van der Waals surface area contributed by atoms with E-state index in [2.05, 4.69) is 30.7 Å². The van der Waals surface area contributed by atoms with Crippen molar-refractivity contribution < 1.29 is 5.11 Å². The van der Waals surface area contributed by atoms with Crippen LogP contribution in [-0.4, -0.2) is 42.3 Å². The highest BCUT2D eigenvalue weighted by Gasteiger charge is 2.23. The van der Waals surface area contributed by atoms with Crippen LogP contribution in [0.25, 0.3) is 16.9 Å². The van der Waals surface area contributed by atoms with E-state index in [9.17, 15) is 9.90 Å². The molecular weight excluding hydrogens is 350 g/mol. The fourth-order valence-corrected chi connectivity index (χ4v) is 3.07. The Balaban J connectivity index is 2.38. The maximum absolute atomic E-state index is 12.9. The zero-order chi connectivity index (χ0) is 19.1. The molecule has 0 aliphatic carbocycles. The molecule has 3 rings (SSSR count). The molecule has 0 fully saturated rings. The summed E-state index contributed by atoms with van der Waals surface area (Å²) >= 11 is 1.41. The molecule has 138 valence electrons. The lowest BCUT2D eigenvalue weighted by Gasteiger charge is -2.20. The molecule has 0 aromatic carbocycles. The molecule has 0 aliphatic heterocycles. The molecule has 3 heterocycles. The summed E-state index contributed by atoms with van der Waals surface area (Å²) in [4.78, 5) is 26.4. The van der Waals surface area contributed by atoms with E-state index in [1.807, 2.05) is 24.5 Å². The number of aliphatic hydroxyl groups excluding tert-OH is 1. The maximum Gasteiger partial charge on any atom is 0.278 e. The van der Waals surface area contributed by atoms with E-state index in [0.29, 0.717) is 22.0 Å². The molecule has 0 spiro atoms. The fraction of sp³-hybridized carbons (Fsp3) is 0.444. The van der Waals surface area contributed by atoms with E-state index in [1.54, 1.807) is 17.8 Å². The minimum atomic E-state index is -0.422. The molecule has 7 nitrogen and oxygen atoms in total. The smallest absolute Gasteiger partial charge is 0.278 e. The standard InChI is InChI=1S/C18H23N5O2S/c1-11(10-24)22-16(25)12-9-19-17(26-5)21-15(12)23(22)14-8-6-7-13(20-14)18(2,3)4/h6-9,11,24H,10H2,1-5H3. The molecule has 26 heavy (non-hydrogen) atoms. The summed E-state index contributed by atoms with van der Waals surface area (Å²) in [6.45, 7) is 7.88. The van der Waals surface area contributed by atoms with Gasteiger partial charge >= 0.3 is 0 Å². The molecule has 0 radical (unpaired) electrons. The van der Waals surface area contributed by atoms with E-state index in [0.717, 1.165) is 5.69 Å². The number of pyridine rings is 1. The summed E-state index contributed by atoms with van der Waals surface area (Å²) in [5.41, 5.74) is 1.03. The average molecular weight is 373 g/mol. The Morgan fingerprint density at radius 1 is 1.27 bits per heavy atom. The maximum atomic E-state index is 12.9. The summed E-state index contributed by atoms with van der Waals surface area (Å²) in [5, 5.41) is 10.6. The zero-order valence-electron chi connectivity index (χ0n) is 15.6. The second-order valence-corrected chi connectivity index (χ2v) is 7.99. The summed E-state index contributed by atoms with van der Waals surface area (Å²) < 4.78 is 3.19. The van der Waals surface area contributed by atoms with Crippen molar-refractivity contribution in [2.45, 2.75) is 44.3 Å². The minimum absolute atomic E-state index is 0.133. The van der Waals surface area contributed by atoms with Crippen LogP contribution in [0, 0.1) is 0 Å². The predicted octanol–water partition coefficient (Wildman–Crippen LogP) is 2.55. The van der Waals surface area contributed by atoms with Crippen LogP contribution in [0.4, 0.5) is 0 Å². The van der Waals surface area contributed by atoms with Gasteiger partial charge in [0, 0.05) is 17.3 Å². The minimum Gasteiger partial charge on any atom is -0.394 e. The van der Waals surface area contributed by atoms with Gasteiger partial charge in [-0.05, 0) is 25.3 Å². The van der Waals surface area contributed by atoms with Crippen molar-refractivity contribution in [3.63, 3.8) is 0 Å².